The van der Waals surface area contributed by atoms with E-state index in [2.05, 4.69) is 13.8 Å². The van der Waals surface area contributed by atoms with Crippen molar-refractivity contribution in [2.75, 3.05) is 0 Å². The molecule has 106 valence electrons. The van der Waals surface area contributed by atoms with E-state index in [4.69, 9.17) is 5.11 Å². The first kappa shape index (κ1) is 15.5. The number of aromatic hydroxyl groups is 1. The van der Waals surface area contributed by atoms with E-state index in [-0.39, 0.29) is 11.3 Å². The summed E-state index contributed by atoms with van der Waals surface area (Å²) in [6.07, 6.45) is 1.46. The smallest absolute Gasteiger partial charge is 0.306 e. The molecular formula is C16H24O3. The molecule has 1 aromatic rings. The zero-order valence-electron chi connectivity index (χ0n) is 12.4. The molecular weight excluding hydrogens is 240 g/mol. The van der Waals surface area contributed by atoms with Crippen LogP contribution in [0.1, 0.15) is 50.3 Å². The lowest BCUT2D eigenvalue weighted by Gasteiger charge is -2.27. The van der Waals surface area contributed by atoms with E-state index in [1.807, 2.05) is 26.0 Å². The van der Waals surface area contributed by atoms with E-state index in [0.29, 0.717) is 12.2 Å². The van der Waals surface area contributed by atoms with E-state index in [0.717, 1.165) is 23.1 Å². The van der Waals surface area contributed by atoms with Crippen LogP contribution in [0.25, 0.3) is 0 Å². The third-order valence-electron chi connectivity index (χ3n) is 3.90. The average Bonchev–Trinajstić information content (AvgIpc) is 2.32. The fraction of sp³-hybridized carbons (Fsp3) is 0.562. The monoisotopic (exact) mass is 264 g/mol. The minimum atomic E-state index is -0.742. The van der Waals surface area contributed by atoms with Gasteiger partial charge in [0.05, 0.1) is 5.92 Å². The second-order valence-corrected chi connectivity index (χ2v) is 6.12. The highest BCUT2D eigenvalue weighted by Gasteiger charge is 2.24. The SMILES string of the molecule is Cc1cc(C(C)(C)CCC(C)C(=O)O)cc(C)c1O. The van der Waals surface area contributed by atoms with Gasteiger partial charge in [0, 0.05) is 0 Å². The summed E-state index contributed by atoms with van der Waals surface area (Å²) in [6, 6.07) is 3.99. The predicted molar refractivity (Wildman–Crippen MR) is 76.6 cm³/mol. The maximum absolute atomic E-state index is 10.9. The zero-order chi connectivity index (χ0) is 14.8. The maximum Gasteiger partial charge on any atom is 0.306 e. The van der Waals surface area contributed by atoms with E-state index >= 15 is 0 Å². The Labute approximate surface area is 115 Å². The Bertz CT molecular complexity index is 452. The molecule has 0 saturated heterocycles. The number of rotatable bonds is 5. The molecule has 0 aromatic heterocycles. The van der Waals surface area contributed by atoms with Crippen LogP contribution in [0.3, 0.4) is 0 Å². The van der Waals surface area contributed by atoms with Crippen LogP contribution < -0.4 is 0 Å². The Balaban J connectivity index is 2.91. The molecule has 1 atom stereocenters. The Morgan fingerprint density at radius 1 is 1.26 bits per heavy atom. The standard InChI is InChI=1S/C16H24O3/c1-10(15(18)19)6-7-16(4,5)13-8-11(2)14(17)12(3)9-13/h8-10,17H,6-7H2,1-5H3,(H,18,19). The summed E-state index contributed by atoms with van der Waals surface area (Å²) in [6.45, 7) is 9.76. The van der Waals surface area contributed by atoms with Gasteiger partial charge in [0.1, 0.15) is 5.75 Å². The first-order chi connectivity index (χ1) is 8.65. The van der Waals surface area contributed by atoms with Gasteiger partial charge < -0.3 is 10.2 Å². The molecule has 0 radical (unpaired) electrons. The van der Waals surface area contributed by atoms with Crippen LogP contribution in [0, 0.1) is 19.8 Å². The minimum absolute atomic E-state index is 0.0903. The van der Waals surface area contributed by atoms with Gasteiger partial charge in [-0.15, -0.1) is 0 Å². The molecule has 0 aliphatic carbocycles. The van der Waals surface area contributed by atoms with Gasteiger partial charge in [-0.25, -0.2) is 0 Å². The van der Waals surface area contributed by atoms with Gasteiger partial charge >= 0.3 is 5.97 Å². The molecule has 0 spiro atoms. The van der Waals surface area contributed by atoms with Gasteiger partial charge in [-0.05, 0) is 48.8 Å². The summed E-state index contributed by atoms with van der Waals surface area (Å²) in [5, 5.41) is 18.8. The number of aliphatic carboxylic acids is 1. The van der Waals surface area contributed by atoms with E-state index in [1.165, 1.54) is 0 Å². The number of hydrogen-bond acceptors (Lipinski definition) is 2. The second kappa shape index (κ2) is 5.64. The topological polar surface area (TPSA) is 57.5 Å². The number of aryl methyl sites for hydroxylation is 2. The van der Waals surface area contributed by atoms with Crippen molar-refractivity contribution in [3.05, 3.63) is 28.8 Å². The van der Waals surface area contributed by atoms with Crippen molar-refractivity contribution in [2.45, 2.75) is 52.9 Å². The van der Waals surface area contributed by atoms with E-state index in [9.17, 15) is 9.90 Å². The van der Waals surface area contributed by atoms with Crippen LogP contribution in [0.5, 0.6) is 5.75 Å². The largest absolute Gasteiger partial charge is 0.507 e. The first-order valence-corrected chi connectivity index (χ1v) is 6.68. The number of carboxylic acids is 1. The summed E-state index contributed by atoms with van der Waals surface area (Å²) >= 11 is 0. The molecule has 1 unspecified atom stereocenters. The minimum Gasteiger partial charge on any atom is -0.507 e. The molecule has 19 heavy (non-hydrogen) atoms. The van der Waals surface area contributed by atoms with Crippen molar-refractivity contribution in [3.8, 4) is 5.75 Å². The second-order valence-electron chi connectivity index (χ2n) is 6.12. The number of carbonyl (C=O) groups is 1. The fourth-order valence-electron chi connectivity index (χ4n) is 2.19. The molecule has 3 nitrogen and oxygen atoms in total. The third kappa shape index (κ3) is 3.72. The normalized spacial score (nSPS) is 13.3. The van der Waals surface area contributed by atoms with Crippen molar-refractivity contribution in [1.29, 1.82) is 0 Å². The summed E-state index contributed by atoms with van der Waals surface area (Å²) < 4.78 is 0. The number of benzene rings is 1. The highest BCUT2D eigenvalue weighted by molar-refractivity contribution is 5.69. The molecule has 3 heteroatoms. The highest BCUT2D eigenvalue weighted by atomic mass is 16.4. The number of phenols is 1. The molecule has 2 N–H and O–H groups in total. The van der Waals surface area contributed by atoms with E-state index < -0.39 is 5.97 Å². The highest BCUT2D eigenvalue weighted by Crippen LogP contribution is 2.34. The van der Waals surface area contributed by atoms with Crippen LogP contribution in [-0.2, 0) is 10.2 Å². The molecule has 0 saturated carbocycles. The molecule has 0 bridgehead atoms. The van der Waals surface area contributed by atoms with Gasteiger partial charge in [-0.1, -0.05) is 32.9 Å². The molecule has 0 aliphatic heterocycles. The summed E-state index contributed by atoms with van der Waals surface area (Å²) in [5.74, 6) is -0.717. The quantitative estimate of drug-likeness (QED) is 0.850. The molecule has 1 rings (SSSR count). The van der Waals surface area contributed by atoms with Crippen LogP contribution in [0.15, 0.2) is 12.1 Å². The number of phenolic OH excluding ortho intramolecular Hbond substituents is 1. The van der Waals surface area contributed by atoms with Crippen molar-refractivity contribution < 1.29 is 15.0 Å². The summed E-state index contributed by atoms with van der Waals surface area (Å²) in [5.41, 5.74) is 2.80. The van der Waals surface area contributed by atoms with Crippen LogP contribution >= 0.6 is 0 Å². The van der Waals surface area contributed by atoms with Crippen molar-refractivity contribution in [1.82, 2.24) is 0 Å². The Kier molecular flexibility index (Phi) is 4.61. The van der Waals surface area contributed by atoms with Gasteiger partial charge in [-0.3, -0.25) is 4.79 Å². The van der Waals surface area contributed by atoms with Crippen LogP contribution in [0.4, 0.5) is 0 Å². The average molecular weight is 264 g/mol. The molecule has 0 aliphatic rings. The fourth-order valence-corrected chi connectivity index (χ4v) is 2.19. The third-order valence-corrected chi connectivity index (χ3v) is 3.90. The van der Waals surface area contributed by atoms with Gasteiger partial charge in [0.25, 0.3) is 0 Å². The zero-order valence-corrected chi connectivity index (χ0v) is 12.4. The summed E-state index contributed by atoms with van der Waals surface area (Å²) in [4.78, 5) is 10.9. The number of hydrogen-bond donors (Lipinski definition) is 2. The molecule has 0 amide bonds. The predicted octanol–water partition coefficient (Wildman–Crippen LogP) is 3.79. The van der Waals surface area contributed by atoms with Crippen molar-refractivity contribution >= 4 is 5.97 Å². The number of carboxylic acid groups (broad SMARTS) is 1. The Morgan fingerprint density at radius 3 is 2.16 bits per heavy atom. The lowest BCUT2D eigenvalue weighted by molar-refractivity contribution is -0.141. The van der Waals surface area contributed by atoms with E-state index in [1.54, 1.807) is 6.92 Å². The first-order valence-electron chi connectivity index (χ1n) is 6.68. The van der Waals surface area contributed by atoms with Gasteiger partial charge in [0.2, 0.25) is 0 Å². The molecule has 0 heterocycles. The van der Waals surface area contributed by atoms with Crippen molar-refractivity contribution in [3.63, 3.8) is 0 Å². The van der Waals surface area contributed by atoms with Gasteiger partial charge in [-0.2, -0.15) is 0 Å². The molecule has 1 aromatic carbocycles. The van der Waals surface area contributed by atoms with Crippen LogP contribution in [-0.4, -0.2) is 16.2 Å². The molecule has 0 fully saturated rings. The Morgan fingerprint density at radius 2 is 1.74 bits per heavy atom. The lowest BCUT2D eigenvalue weighted by atomic mass is 9.78. The lowest BCUT2D eigenvalue weighted by Crippen LogP contribution is -2.20. The van der Waals surface area contributed by atoms with Crippen molar-refractivity contribution in [2.24, 2.45) is 5.92 Å². The van der Waals surface area contributed by atoms with Gasteiger partial charge in [0.15, 0.2) is 0 Å². The summed E-state index contributed by atoms with van der Waals surface area (Å²) in [7, 11) is 0. The van der Waals surface area contributed by atoms with Crippen LogP contribution in [0.2, 0.25) is 0 Å². The maximum atomic E-state index is 10.9. The Hall–Kier alpha value is -1.51.